The van der Waals surface area contributed by atoms with E-state index in [1.165, 1.54) is 6.42 Å². The molecule has 4 bridgehead atoms. The van der Waals surface area contributed by atoms with Crippen LogP contribution in [-0.2, 0) is 14.3 Å². The molecule has 1 aromatic rings. The van der Waals surface area contributed by atoms with Crippen molar-refractivity contribution in [2.24, 2.45) is 17.3 Å². The van der Waals surface area contributed by atoms with Gasteiger partial charge in [0.25, 0.3) is 0 Å². The molecule has 0 spiro atoms. The van der Waals surface area contributed by atoms with Crippen LogP contribution in [0.4, 0.5) is 11.4 Å². The van der Waals surface area contributed by atoms with Gasteiger partial charge in [-0.05, 0) is 64.2 Å². The molecule has 2 atom stereocenters. The SMILES string of the molecule is CCOc1cc(N2CCOCC2)c(OCC)cc1NC(=O)C12CC3CC(CC(NC(C)=O)(C3)C1)C2. The summed E-state index contributed by atoms with van der Waals surface area (Å²) in [5, 5.41) is 6.50. The highest BCUT2D eigenvalue weighted by Gasteiger charge is 2.61. The van der Waals surface area contributed by atoms with Gasteiger partial charge < -0.3 is 29.7 Å². The Labute approximate surface area is 208 Å². The van der Waals surface area contributed by atoms with Crippen LogP contribution in [0.5, 0.6) is 11.5 Å². The maximum absolute atomic E-state index is 14.0. The fourth-order valence-corrected chi connectivity index (χ4v) is 7.55. The van der Waals surface area contributed by atoms with E-state index in [4.69, 9.17) is 14.2 Å². The Bertz CT molecular complexity index is 960. The summed E-state index contributed by atoms with van der Waals surface area (Å²) < 4.78 is 17.6. The lowest BCUT2D eigenvalue weighted by molar-refractivity contribution is -0.148. The molecule has 1 aliphatic heterocycles. The van der Waals surface area contributed by atoms with Crippen molar-refractivity contribution in [3.8, 4) is 11.5 Å². The van der Waals surface area contributed by atoms with Crippen molar-refractivity contribution in [1.29, 1.82) is 0 Å². The third kappa shape index (κ3) is 4.69. The molecular weight excluding hydrogens is 446 g/mol. The predicted octanol–water partition coefficient (Wildman–Crippen LogP) is 3.73. The van der Waals surface area contributed by atoms with E-state index < -0.39 is 5.41 Å². The van der Waals surface area contributed by atoms with Gasteiger partial charge in [-0.25, -0.2) is 0 Å². The number of ether oxygens (including phenoxy) is 3. The van der Waals surface area contributed by atoms with Crippen molar-refractivity contribution in [2.75, 3.05) is 49.7 Å². The second-order valence-electron chi connectivity index (χ2n) is 10.9. The molecule has 8 heteroatoms. The summed E-state index contributed by atoms with van der Waals surface area (Å²) in [4.78, 5) is 28.2. The van der Waals surface area contributed by atoms with Crippen LogP contribution in [-0.4, -0.2) is 56.9 Å². The first-order valence-electron chi connectivity index (χ1n) is 13.2. The Hall–Kier alpha value is -2.48. The van der Waals surface area contributed by atoms with E-state index in [0.29, 0.717) is 56.1 Å². The van der Waals surface area contributed by atoms with Gasteiger partial charge in [-0.15, -0.1) is 0 Å². The van der Waals surface area contributed by atoms with E-state index in [1.807, 2.05) is 26.0 Å². The van der Waals surface area contributed by atoms with Gasteiger partial charge in [0.15, 0.2) is 0 Å². The van der Waals surface area contributed by atoms with Crippen LogP contribution in [0.2, 0.25) is 0 Å². The summed E-state index contributed by atoms with van der Waals surface area (Å²) in [6, 6.07) is 3.91. The van der Waals surface area contributed by atoms with Gasteiger partial charge >= 0.3 is 0 Å². The van der Waals surface area contributed by atoms with Gasteiger partial charge in [0.1, 0.15) is 11.5 Å². The first-order chi connectivity index (χ1) is 16.9. The number of nitrogens with one attached hydrogen (secondary N) is 2. The maximum atomic E-state index is 14.0. The lowest BCUT2D eigenvalue weighted by Gasteiger charge is -2.61. The maximum Gasteiger partial charge on any atom is 0.230 e. The smallest absolute Gasteiger partial charge is 0.230 e. The van der Waals surface area contributed by atoms with Crippen molar-refractivity contribution in [3.63, 3.8) is 0 Å². The second-order valence-corrected chi connectivity index (χ2v) is 10.9. The normalized spacial score (nSPS) is 31.2. The number of rotatable bonds is 8. The number of morpholine rings is 1. The molecule has 4 aliphatic carbocycles. The van der Waals surface area contributed by atoms with Crippen molar-refractivity contribution < 1.29 is 23.8 Å². The van der Waals surface area contributed by atoms with Crippen LogP contribution in [0.15, 0.2) is 12.1 Å². The molecule has 0 aromatic heterocycles. The molecule has 192 valence electrons. The Morgan fingerprint density at radius 2 is 1.69 bits per heavy atom. The van der Waals surface area contributed by atoms with Crippen LogP contribution >= 0.6 is 0 Å². The molecule has 6 rings (SSSR count). The number of anilines is 2. The summed E-state index contributed by atoms with van der Waals surface area (Å²) in [7, 11) is 0. The quantitative estimate of drug-likeness (QED) is 0.583. The Balaban J connectivity index is 1.44. The zero-order valence-electron chi connectivity index (χ0n) is 21.3. The molecule has 4 saturated carbocycles. The number of benzene rings is 1. The minimum atomic E-state index is -0.454. The fourth-order valence-electron chi connectivity index (χ4n) is 7.55. The second kappa shape index (κ2) is 9.52. The molecule has 1 aromatic carbocycles. The summed E-state index contributed by atoms with van der Waals surface area (Å²) in [5.74, 6) is 2.43. The van der Waals surface area contributed by atoms with Crippen molar-refractivity contribution >= 4 is 23.2 Å². The monoisotopic (exact) mass is 485 g/mol. The number of hydrogen-bond donors (Lipinski definition) is 2. The van der Waals surface area contributed by atoms with E-state index in [9.17, 15) is 9.59 Å². The van der Waals surface area contributed by atoms with Gasteiger partial charge in [0.05, 0.1) is 43.2 Å². The zero-order chi connectivity index (χ0) is 24.6. The van der Waals surface area contributed by atoms with E-state index in [0.717, 1.165) is 50.2 Å². The van der Waals surface area contributed by atoms with E-state index in [-0.39, 0.29) is 17.4 Å². The molecule has 1 saturated heterocycles. The third-order valence-corrected chi connectivity index (χ3v) is 8.24. The molecule has 5 fully saturated rings. The lowest BCUT2D eigenvalue weighted by atomic mass is 9.46. The van der Waals surface area contributed by atoms with E-state index in [1.54, 1.807) is 6.92 Å². The number of nitrogens with zero attached hydrogens (tertiary/aromatic N) is 1. The molecular formula is C27H39N3O5. The van der Waals surface area contributed by atoms with Gasteiger partial charge in [-0.2, -0.15) is 0 Å². The Morgan fingerprint density at radius 1 is 1.03 bits per heavy atom. The van der Waals surface area contributed by atoms with Crippen molar-refractivity contribution in [3.05, 3.63) is 12.1 Å². The van der Waals surface area contributed by atoms with Gasteiger partial charge in [-0.3, -0.25) is 9.59 Å². The summed E-state index contributed by atoms with van der Waals surface area (Å²) in [5.41, 5.74) is 0.926. The van der Waals surface area contributed by atoms with Gasteiger partial charge in [0, 0.05) is 37.7 Å². The van der Waals surface area contributed by atoms with Crippen LogP contribution in [0.25, 0.3) is 0 Å². The Morgan fingerprint density at radius 3 is 2.31 bits per heavy atom. The average molecular weight is 486 g/mol. The third-order valence-electron chi connectivity index (χ3n) is 8.24. The number of amides is 2. The highest BCUT2D eigenvalue weighted by molar-refractivity contribution is 5.98. The molecule has 1 heterocycles. The molecule has 2 N–H and O–H groups in total. The molecule has 2 amide bonds. The fraction of sp³-hybridized carbons (Fsp3) is 0.704. The number of carbonyl (C=O) groups excluding carboxylic acids is 2. The highest BCUT2D eigenvalue weighted by atomic mass is 16.5. The van der Waals surface area contributed by atoms with Crippen LogP contribution in [0.3, 0.4) is 0 Å². The number of hydrogen-bond acceptors (Lipinski definition) is 6. The minimum Gasteiger partial charge on any atom is -0.492 e. The largest absolute Gasteiger partial charge is 0.492 e. The van der Waals surface area contributed by atoms with E-state index >= 15 is 0 Å². The molecule has 2 unspecified atom stereocenters. The first-order valence-corrected chi connectivity index (χ1v) is 13.2. The minimum absolute atomic E-state index is 0.00111. The van der Waals surface area contributed by atoms with Crippen LogP contribution in [0, 0.1) is 17.3 Å². The van der Waals surface area contributed by atoms with Gasteiger partial charge in [0.2, 0.25) is 11.8 Å². The molecule has 35 heavy (non-hydrogen) atoms. The summed E-state index contributed by atoms with van der Waals surface area (Å²) >= 11 is 0. The molecule has 8 nitrogen and oxygen atoms in total. The predicted molar refractivity (Wildman–Crippen MR) is 134 cm³/mol. The summed E-state index contributed by atoms with van der Waals surface area (Å²) in [6.45, 7) is 9.46. The summed E-state index contributed by atoms with van der Waals surface area (Å²) in [6.07, 6.45) is 5.65. The topological polar surface area (TPSA) is 89.1 Å². The van der Waals surface area contributed by atoms with Crippen molar-refractivity contribution in [2.45, 2.75) is 64.8 Å². The first kappa shape index (κ1) is 24.2. The highest BCUT2D eigenvalue weighted by Crippen LogP contribution is 2.62. The Kier molecular flexibility index (Phi) is 6.59. The zero-order valence-corrected chi connectivity index (χ0v) is 21.3. The number of carbonyl (C=O) groups is 2. The average Bonchev–Trinajstić information content (AvgIpc) is 2.79. The molecule has 0 radical (unpaired) electrons. The standard InChI is InChI=1S/C27H39N3O5/c1-4-34-23-12-22(30-6-8-33-9-7-30)24(35-5-2)11-21(23)28-25(32)26-13-19-10-20(14-26)16-27(15-19,17-26)29-18(3)31/h11-12,19-20H,4-10,13-17H2,1-3H3,(H,28,32)(H,29,31). The van der Waals surface area contributed by atoms with Crippen LogP contribution in [0.1, 0.15) is 59.3 Å². The van der Waals surface area contributed by atoms with Crippen LogP contribution < -0.4 is 25.0 Å². The van der Waals surface area contributed by atoms with Gasteiger partial charge in [-0.1, -0.05) is 0 Å². The lowest BCUT2D eigenvalue weighted by Crippen LogP contribution is -2.65. The van der Waals surface area contributed by atoms with E-state index in [2.05, 4.69) is 15.5 Å². The van der Waals surface area contributed by atoms with Crippen molar-refractivity contribution in [1.82, 2.24) is 5.32 Å². The molecule has 5 aliphatic rings.